The zero-order chi connectivity index (χ0) is 10.4. The van der Waals surface area contributed by atoms with E-state index in [0.29, 0.717) is 6.42 Å². The highest BCUT2D eigenvalue weighted by molar-refractivity contribution is 4.88. The Hall–Kier alpha value is -0.550. The average Bonchev–Trinajstić information content (AvgIpc) is 2.94. The molecule has 1 aliphatic rings. The molecule has 1 fully saturated rings. The van der Waals surface area contributed by atoms with E-state index in [9.17, 15) is 0 Å². The summed E-state index contributed by atoms with van der Waals surface area (Å²) >= 11 is 0. The molecule has 1 saturated carbocycles. The Kier molecular flexibility index (Phi) is 4.97. The van der Waals surface area contributed by atoms with Crippen LogP contribution in [-0.2, 0) is 0 Å². The number of hydrogen-bond acceptors (Lipinski definition) is 2. The van der Waals surface area contributed by atoms with Gasteiger partial charge in [0.25, 0.3) is 0 Å². The minimum absolute atomic E-state index is 0.706. The summed E-state index contributed by atoms with van der Waals surface area (Å²) in [6.07, 6.45) is 5.71. The molecule has 0 aromatic heterocycles. The molecule has 0 aromatic carbocycles. The summed E-state index contributed by atoms with van der Waals surface area (Å²) in [7, 11) is 0. The second-order valence-electron chi connectivity index (χ2n) is 4.68. The number of hydrogen-bond donors (Lipinski definition) is 1. The van der Waals surface area contributed by atoms with Gasteiger partial charge in [-0.1, -0.05) is 13.8 Å². The van der Waals surface area contributed by atoms with Crippen LogP contribution in [0.1, 0.15) is 46.0 Å². The van der Waals surface area contributed by atoms with Crippen LogP contribution in [0.4, 0.5) is 0 Å². The highest BCUT2D eigenvalue weighted by Crippen LogP contribution is 2.35. The van der Waals surface area contributed by atoms with Crippen molar-refractivity contribution >= 4 is 0 Å². The van der Waals surface area contributed by atoms with E-state index < -0.39 is 0 Å². The molecule has 14 heavy (non-hydrogen) atoms. The van der Waals surface area contributed by atoms with Gasteiger partial charge in [-0.2, -0.15) is 5.26 Å². The minimum Gasteiger partial charge on any atom is -0.313 e. The fourth-order valence-electron chi connectivity index (χ4n) is 2.00. The fraction of sp³-hybridized carbons (Fsp3) is 0.917. The van der Waals surface area contributed by atoms with Crippen LogP contribution in [0.3, 0.4) is 0 Å². The van der Waals surface area contributed by atoms with Gasteiger partial charge in [-0.3, -0.25) is 0 Å². The maximum absolute atomic E-state index is 8.39. The third-order valence-corrected chi connectivity index (χ3v) is 2.94. The normalized spacial score (nSPS) is 18.1. The number of rotatable bonds is 7. The molecule has 0 heterocycles. The Morgan fingerprint density at radius 3 is 2.57 bits per heavy atom. The molecule has 1 N–H and O–H groups in total. The third kappa shape index (κ3) is 4.11. The van der Waals surface area contributed by atoms with Crippen molar-refractivity contribution in [1.29, 1.82) is 5.26 Å². The first-order chi connectivity index (χ1) is 6.75. The van der Waals surface area contributed by atoms with Crippen molar-refractivity contribution in [2.75, 3.05) is 6.54 Å². The molecular formula is C12H22N2. The van der Waals surface area contributed by atoms with E-state index in [1.165, 1.54) is 12.8 Å². The molecule has 2 heteroatoms. The number of nitrogens with one attached hydrogen (secondary N) is 1. The lowest BCUT2D eigenvalue weighted by atomic mass is 9.99. The molecule has 0 saturated heterocycles. The molecule has 1 rings (SSSR count). The van der Waals surface area contributed by atoms with Crippen LogP contribution in [0.25, 0.3) is 0 Å². The second kappa shape index (κ2) is 6.03. The summed E-state index contributed by atoms with van der Waals surface area (Å²) in [5.74, 6) is 1.68. The van der Waals surface area contributed by atoms with Crippen LogP contribution in [-0.4, -0.2) is 12.6 Å². The Labute approximate surface area is 87.7 Å². The lowest BCUT2D eigenvalue weighted by Crippen LogP contribution is -2.36. The van der Waals surface area contributed by atoms with E-state index in [-0.39, 0.29) is 0 Å². The topological polar surface area (TPSA) is 35.8 Å². The van der Waals surface area contributed by atoms with Gasteiger partial charge >= 0.3 is 0 Å². The minimum atomic E-state index is 0.706. The number of nitrogens with zero attached hydrogens (tertiary/aromatic N) is 1. The zero-order valence-corrected chi connectivity index (χ0v) is 9.42. The predicted octanol–water partition coefficient (Wildman–Crippen LogP) is 2.70. The SMILES string of the molecule is CC(C)C(NCCCCC#N)C1CC1. The molecule has 1 atom stereocenters. The lowest BCUT2D eigenvalue weighted by Gasteiger charge is -2.21. The lowest BCUT2D eigenvalue weighted by molar-refractivity contribution is 0.358. The van der Waals surface area contributed by atoms with Crippen molar-refractivity contribution in [3.8, 4) is 6.07 Å². The van der Waals surface area contributed by atoms with Crippen LogP contribution in [0.2, 0.25) is 0 Å². The summed E-state index contributed by atoms with van der Waals surface area (Å²) in [5.41, 5.74) is 0. The summed E-state index contributed by atoms with van der Waals surface area (Å²) in [6, 6.07) is 2.91. The van der Waals surface area contributed by atoms with Crippen molar-refractivity contribution in [1.82, 2.24) is 5.32 Å². The van der Waals surface area contributed by atoms with Gasteiger partial charge in [0.1, 0.15) is 0 Å². The Morgan fingerprint density at radius 2 is 2.07 bits per heavy atom. The molecule has 0 aliphatic heterocycles. The zero-order valence-electron chi connectivity index (χ0n) is 9.42. The van der Waals surface area contributed by atoms with Crippen molar-refractivity contribution in [2.45, 2.75) is 52.0 Å². The van der Waals surface area contributed by atoms with Gasteiger partial charge in [-0.05, 0) is 44.1 Å². The van der Waals surface area contributed by atoms with E-state index in [4.69, 9.17) is 5.26 Å². The Morgan fingerprint density at radius 1 is 1.36 bits per heavy atom. The van der Waals surface area contributed by atoms with E-state index >= 15 is 0 Å². The van der Waals surface area contributed by atoms with Gasteiger partial charge in [0.15, 0.2) is 0 Å². The van der Waals surface area contributed by atoms with Gasteiger partial charge in [-0.25, -0.2) is 0 Å². The maximum Gasteiger partial charge on any atom is 0.0621 e. The van der Waals surface area contributed by atoms with Crippen LogP contribution in [0, 0.1) is 23.2 Å². The highest BCUT2D eigenvalue weighted by atomic mass is 14.9. The first-order valence-electron chi connectivity index (χ1n) is 5.86. The van der Waals surface area contributed by atoms with E-state index in [0.717, 1.165) is 37.3 Å². The monoisotopic (exact) mass is 194 g/mol. The van der Waals surface area contributed by atoms with Crippen molar-refractivity contribution in [3.63, 3.8) is 0 Å². The van der Waals surface area contributed by atoms with Crippen LogP contribution in [0.5, 0.6) is 0 Å². The third-order valence-electron chi connectivity index (χ3n) is 2.94. The van der Waals surface area contributed by atoms with Crippen LogP contribution >= 0.6 is 0 Å². The summed E-state index contributed by atoms with van der Waals surface area (Å²) in [5, 5.41) is 12.0. The van der Waals surface area contributed by atoms with Crippen LogP contribution in [0.15, 0.2) is 0 Å². The van der Waals surface area contributed by atoms with Gasteiger partial charge in [0.2, 0.25) is 0 Å². The maximum atomic E-state index is 8.39. The Balaban J connectivity index is 2.05. The van der Waals surface area contributed by atoms with Gasteiger partial charge in [-0.15, -0.1) is 0 Å². The Bertz CT molecular complexity index is 187. The number of nitriles is 1. The van der Waals surface area contributed by atoms with Gasteiger partial charge in [0, 0.05) is 12.5 Å². The molecule has 2 nitrogen and oxygen atoms in total. The molecule has 0 bridgehead atoms. The molecule has 1 unspecified atom stereocenters. The molecule has 0 radical (unpaired) electrons. The average molecular weight is 194 g/mol. The van der Waals surface area contributed by atoms with Crippen LogP contribution < -0.4 is 5.32 Å². The fourth-order valence-corrected chi connectivity index (χ4v) is 2.00. The summed E-state index contributed by atoms with van der Waals surface area (Å²) in [6.45, 7) is 5.68. The van der Waals surface area contributed by atoms with Gasteiger partial charge in [0.05, 0.1) is 6.07 Å². The summed E-state index contributed by atoms with van der Waals surface area (Å²) < 4.78 is 0. The highest BCUT2D eigenvalue weighted by Gasteiger charge is 2.32. The van der Waals surface area contributed by atoms with Crippen molar-refractivity contribution < 1.29 is 0 Å². The first-order valence-corrected chi connectivity index (χ1v) is 5.86. The molecular weight excluding hydrogens is 172 g/mol. The quantitative estimate of drug-likeness (QED) is 0.632. The standard InChI is InChI=1S/C12H22N2/c1-10(2)12(11-6-7-11)14-9-5-3-4-8-13/h10-12,14H,3-7,9H2,1-2H3. The molecule has 0 spiro atoms. The first kappa shape index (κ1) is 11.5. The van der Waals surface area contributed by atoms with E-state index in [1.54, 1.807) is 0 Å². The largest absolute Gasteiger partial charge is 0.313 e. The molecule has 0 amide bonds. The summed E-state index contributed by atoms with van der Waals surface area (Å²) in [4.78, 5) is 0. The molecule has 80 valence electrons. The predicted molar refractivity (Wildman–Crippen MR) is 58.8 cm³/mol. The van der Waals surface area contributed by atoms with Crippen molar-refractivity contribution in [2.24, 2.45) is 11.8 Å². The van der Waals surface area contributed by atoms with E-state index in [2.05, 4.69) is 25.2 Å². The smallest absolute Gasteiger partial charge is 0.0621 e. The van der Waals surface area contributed by atoms with Gasteiger partial charge < -0.3 is 5.32 Å². The second-order valence-corrected chi connectivity index (χ2v) is 4.68. The number of unbranched alkanes of at least 4 members (excludes halogenated alkanes) is 2. The molecule has 0 aromatic rings. The van der Waals surface area contributed by atoms with Crippen molar-refractivity contribution in [3.05, 3.63) is 0 Å². The molecule has 1 aliphatic carbocycles. The van der Waals surface area contributed by atoms with E-state index in [1.807, 2.05) is 0 Å².